The molecule has 19 heavy (non-hydrogen) atoms. The standard InChI is InChI=1S/C16H28N2O/c1-4-7-17-10-16-13(3)9-15(19-16)12-18-8-6-14(5-2)11-18/h9,14,17H,4-8,10-12H2,1-3H3. The Labute approximate surface area is 117 Å². The molecule has 0 spiro atoms. The van der Waals surface area contributed by atoms with Gasteiger partial charge >= 0.3 is 0 Å². The van der Waals surface area contributed by atoms with Crippen LogP contribution in [0.5, 0.6) is 0 Å². The van der Waals surface area contributed by atoms with E-state index in [4.69, 9.17) is 4.42 Å². The van der Waals surface area contributed by atoms with E-state index in [9.17, 15) is 0 Å². The van der Waals surface area contributed by atoms with E-state index in [1.165, 1.54) is 37.9 Å². The van der Waals surface area contributed by atoms with E-state index in [0.717, 1.165) is 37.1 Å². The van der Waals surface area contributed by atoms with Gasteiger partial charge < -0.3 is 9.73 Å². The van der Waals surface area contributed by atoms with Crippen LogP contribution in [0.2, 0.25) is 0 Å². The molecule has 1 atom stereocenters. The van der Waals surface area contributed by atoms with Crippen molar-refractivity contribution >= 4 is 0 Å². The molecule has 3 heteroatoms. The Bertz CT molecular complexity index is 386. The molecule has 1 unspecified atom stereocenters. The second kappa shape index (κ2) is 7.11. The van der Waals surface area contributed by atoms with Crippen molar-refractivity contribution in [2.24, 2.45) is 5.92 Å². The van der Waals surface area contributed by atoms with Crippen LogP contribution in [0.15, 0.2) is 10.5 Å². The molecule has 1 N–H and O–H groups in total. The Morgan fingerprint density at radius 1 is 1.42 bits per heavy atom. The lowest BCUT2D eigenvalue weighted by atomic mass is 10.1. The van der Waals surface area contributed by atoms with Gasteiger partial charge in [-0.25, -0.2) is 0 Å². The zero-order valence-electron chi connectivity index (χ0n) is 12.7. The average molecular weight is 264 g/mol. The summed E-state index contributed by atoms with van der Waals surface area (Å²) in [4.78, 5) is 2.52. The molecule has 1 aliphatic heterocycles. The number of nitrogens with one attached hydrogen (secondary N) is 1. The number of hydrogen-bond acceptors (Lipinski definition) is 3. The molecular weight excluding hydrogens is 236 g/mol. The topological polar surface area (TPSA) is 28.4 Å². The molecule has 108 valence electrons. The summed E-state index contributed by atoms with van der Waals surface area (Å²) in [5, 5.41) is 3.41. The molecule has 0 aliphatic carbocycles. The summed E-state index contributed by atoms with van der Waals surface area (Å²) >= 11 is 0. The first-order valence-corrected chi connectivity index (χ1v) is 7.74. The first kappa shape index (κ1) is 14.6. The minimum atomic E-state index is 0.858. The molecule has 0 radical (unpaired) electrons. The molecule has 0 aromatic carbocycles. The fraction of sp³-hybridized carbons (Fsp3) is 0.750. The molecule has 3 nitrogen and oxygen atoms in total. The molecule has 1 fully saturated rings. The van der Waals surface area contributed by atoms with Crippen molar-refractivity contribution in [1.29, 1.82) is 0 Å². The number of likely N-dealkylation sites (tertiary alicyclic amines) is 1. The van der Waals surface area contributed by atoms with Gasteiger partial charge in [-0.3, -0.25) is 4.90 Å². The highest BCUT2D eigenvalue weighted by Crippen LogP contribution is 2.23. The maximum Gasteiger partial charge on any atom is 0.120 e. The molecule has 0 amide bonds. The minimum absolute atomic E-state index is 0.858. The third kappa shape index (κ3) is 4.08. The first-order valence-electron chi connectivity index (χ1n) is 7.74. The van der Waals surface area contributed by atoms with Gasteiger partial charge in [0.2, 0.25) is 0 Å². The van der Waals surface area contributed by atoms with Crippen LogP contribution in [0.25, 0.3) is 0 Å². The van der Waals surface area contributed by atoms with E-state index in [0.29, 0.717) is 0 Å². The van der Waals surface area contributed by atoms with Gasteiger partial charge in [-0.1, -0.05) is 20.3 Å². The number of hydrogen-bond donors (Lipinski definition) is 1. The van der Waals surface area contributed by atoms with E-state index in [1.807, 2.05) is 0 Å². The summed E-state index contributed by atoms with van der Waals surface area (Å²) in [5.74, 6) is 3.12. The van der Waals surface area contributed by atoms with E-state index in [2.05, 4.69) is 37.1 Å². The highest BCUT2D eigenvalue weighted by molar-refractivity contribution is 5.20. The molecule has 1 aromatic rings. The summed E-state index contributed by atoms with van der Waals surface area (Å²) in [7, 11) is 0. The number of furan rings is 1. The van der Waals surface area contributed by atoms with Crippen molar-refractivity contribution in [2.45, 2.75) is 53.1 Å². The maximum absolute atomic E-state index is 5.99. The fourth-order valence-corrected chi connectivity index (χ4v) is 2.83. The van der Waals surface area contributed by atoms with Crippen LogP contribution in [0.1, 0.15) is 50.2 Å². The highest BCUT2D eigenvalue weighted by Gasteiger charge is 2.22. The van der Waals surface area contributed by atoms with Gasteiger partial charge in [-0.2, -0.15) is 0 Å². The Balaban J connectivity index is 1.85. The Kier molecular flexibility index (Phi) is 5.46. The van der Waals surface area contributed by atoms with E-state index in [-0.39, 0.29) is 0 Å². The zero-order valence-corrected chi connectivity index (χ0v) is 12.7. The van der Waals surface area contributed by atoms with Crippen LogP contribution < -0.4 is 5.32 Å². The van der Waals surface area contributed by atoms with Gasteiger partial charge in [0.05, 0.1) is 13.1 Å². The minimum Gasteiger partial charge on any atom is -0.463 e. The van der Waals surface area contributed by atoms with Crippen molar-refractivity contribution in [1.82, 2.24) is 10.2 Å². The molecule has 0 saturated carbocycles. The molecule has 1 aromatic heterocycles. The molecule has 1 aliphatic rings. The predicted molar refractivity (Wildman–Crippen MR) is 79.1 cm³/mol. The van der Waals surface area contributed by atoms with Crippen molar-refractivity contribution in [2.75, 3.05) is 19.6 Å². The summed E-state index contributed by atoms with van der Waals surface area (Å²) in [6, 6.07) is 2.21. The van der Waals surface area contributed by atoms with E-state index < -0.39 is 0 Å². The average Bonchev–Trinajstić information content (AvgIpc) is 2.98. The van der Waals surface area contributed by atoms with Crippen LogP contribution >= 0.6 is 0 Å². The maximum atomic E-state index is 5.99. The number of rotatable bonds is 7. The van der Waals surface area contributed by atoms with Gasteiger partial charge in [0.25, 0.3) is 0 Å². The largest absolute Gasteiger partial charge is 0.463 e. The Hall–Kier alpha value is -0.800. The molecule has 0 bridgehead atoms. The second-order valence-corrected chi connectivity index (χ2v) is 5.79. The third-order valence-corrected chi connectivity index (χ3v) is 4.11. The SMILES string of the molecule is CCCNCc1oc(CN2CCC(CC)C2)cc1C. The predicted octanol–water partition coefficient (Wildman–Crippen LogP) is 3.32. The van der Waals surface area contributed by atoms with Crippen molar-refractivity contribution < 1.29 is 4.42 Å². The van der Waals surface area contributed by atoms with Gasteiger partial charge in [0.15, 0.2) is 0 Å². The Morgan fingerprint density at radius 3 is 2.95 bits per heavy atom. The van der Waals surface area contributed by atoms with Gasteiger partial charge in [0, 0.05) is 6.54 Å². The second-order valence-electron chi connectivity index (χ2n) is 5.79. The third-order valence-electron chi connectivity index (χ3n) is 4.11. The van der Waals surface area contributed by atoms with Crippen molar-refractivity contribution in [3.8, 4) is 0 Å². The van der Waals surface area contributed by atoms with Crippen molar-refractivity contribution in [3.05, 3.63) is 23.2 Å². The molecule has 1 saturated heterocycles. The smallest absolute Gasteiger partial charge is 0.120 e. The highest BCUT2D eigenvalue weighted by atomic mass is 16.3. The molecule has 2 heterocycles. The summed E-state index contributed by atoms with van der Waals surface area (Å²) < 4.78 is 5.99. The van der Waals surface area contributed by atoms with Crippen LogP contribution in [-0.2, 0) is 13.1 Å². The van der Waals surface area contributed by atoms with Crippen LogP contribution in [0, 0.1) is 12.8 Å². The number of aryl methyl sites for hydroxylation is 1. The fourth-order valence-electron chi connectivity index (χ4n) is 2.83. The van der Waals surface area contributed by atoms with E-state index >= 15 is 0 Å². The summed E-state index contributed by atoms with van der Waals surface area (Å²) in [6.07, 6.45) is 3.82. The molecular formula is C16H28N2O. The Morgan fingerprint density at radius 2 is 2.26 bits per heavy atom. The lowest BCUT2D eigenvalue weighted by Gasteiger charge is -2.13. The lowest BCUT2D eigenvalue weighted by molar-refractivity contribution is 0.280. The monoisotopic (exact) mass is 264 g/mol. The van der Waals surface area contributed by atoms with Gasteiger partial charge in [0.1, 0.15) is 11.5 Å². The van der Waals surface area contributed by atoms with Gasteiger partial charge in [-0.05, 0) is 50.4 Å². The van der Waals surface area contributed by atoms with Gasteiger partial charge in [-0.15, -0.1) is 0 Å². The van der Waals surface area contributed by atoms with Crippen LogP contribution in [-0.4, -0.2) is 24.5 Å². The quantitative estimate of drug-likeness (QED) is 0.766. The van der Waals surface area contributed by atoms with Crippen LogP contribution in [0.4, 0.5) is 0 Å². The van der Waals surface area contributed by atoms with E-state index in [1.54, 1.807) is 0 Å². The van der Waals surface area contributed by atoms with Crippen molar-refractivity contribution in [3.63, 3.8) is 0 Å². The lowest BCUT2D eigenvalue weighted by Crippen LogP contribution is -2.19. The first-order chi connectivity index (χ1) is 9.22. The molecule has 2 rings (SSSR count). The zero-order chi connectivity index (χ0) is 13.7. The number of nitrogens with zero attached hydrogens (tertiary/aromatic N) is 1. The summed E-state index contributed by atoms with van der Waals surface area (Å²) in [6.45, 7) is 12.0. The normalized spacial score (nSPS) is 20.3. The van der Waals surface area contributed by atoms with Crippen LogP contribution in [0.3, 0.4) is 0 Å². The summed E-state index contributed by atoms with van der Waals surface area (Å²) in [5.41, 5.74) is 1.28.